The average Bonchev–Trinajstić information content (AvgIpc) is 3.25. The van der Waals surface area contributed by atoms with Gasteiger partial charge in [-0.3, -0.25) is 14.6 Å². The van der Waals surface area contributed by atoms with E-state index in [9.17, 15) is 24.9 Å². The van der Waals surface area contributed by atoms with Gasteiger partial charge in [0.25, 0.3) is 0 Å². The van der Waals surface area contributed by atoms with Crippen LogP contribution in [0.25, 0.3) is 0 Å². The van der Waals surface area contributed by atoms with Crippen molar-refractivity contribution in [2.45, 2.75) is 38.9 Å². The number of carbonyl (C=O) groups excluding carboxylic acids is 2. The molecular formula is C26H24ClNO7. The van der Waals surface area contributed by atoms with Crippen LogP contribution in [0.4, 0.5) is 0 Å². The summed E-state index contributed by atoms with van der Waals surface area (Å²) in [5.41, 5.74) is 2.03. The molecule has 2 aromatic carbocycles. The van der Waals surface area contributed by atoms with Crippen LogP contribution in [0.3, 0.4) is 0 Å². The summed E-state index contributed by atoms with van der Waals surface area (Å²) in [6.07, 6.45) is 0.415. The number of aryl methyl sites for hydroxylation is 1. The molecule has 4 rings (SSSR count). The number of esters is 1. The predicted octanol–water partition coefficient (Wildman–Crippen LogP) is 4.68. The van der Waals surface area contributed by atoms with Gasteiger partial charge in [-0.1, -0.05) is 23.7 Å². The summed E-state index contributed by atoms with van der Waals surface area (Å²) in [7, 11) is 1.23. The Morgan fingerprint density at radius 3 is 2.60 bits per heavy atom. The van der Waals surface area contributed by atoms with Gasteiger partial charge in [-0.05, 0) is 37.6 Å². The van der Waals surface area contributed by atoms with Crippen molar-refractivity contribution in [1.29, 1.82) is 0 Å². The molecule has 3 N–H and O–H groups in total. The minimum atomic E-state index is -0.928. The number of hydrogen-bond donors (Lipinski definition) is 3. The number of aromatic hydroxyl groups is 3. The number of halogens is 1. The van der Waals surface area contributed by atoms with Crippen molar-refractivity contribution in [2.75, 3.05) is 7.11 Å². The van der Waals surface area contributed by atoms with Crippen LogP contribution in [-0.2, 0) is 20.9 Å². The number of aromatic nitrogens is 1. The molecule has 1 aliphatic heterocycles. The summed E-state index contributed by atoms with van der Waals surface area (Å²) >= 11 is 6.18. The Morgan fingerprint density at radius 1 is 1.20 bits per heavy atom. The van der Waals surface area contributed by atoms with Crippen molar-refractivity contribution in [1.82, 2.24) is 4.98 Å². The van der Waals surface area contributed by atoms with Crippen LogP contribution in [0.2, 0.25) is 5.02 Å². The molecule has 2 heterocycles. The highest BCUT2D eigenvalue weighted by Crippen LogP contribution is 2.50. The minimum Gasteiger partial charge on any atom is -0.507 e. The van der Waals surface area contributed by atoms with Crippen molar-refractivity contribution in [3.05, 3.63) is 80.6 Å². The van der Waals surface area contributed by atoms with E-state index in [-0.39, 0.29) is 41.2 Å². The summed E-state index contributed by atoms with van der Waals surface area (Å²) in [5, 5.41) is 33.7. The standard InChI is InChI=1S/C26H24ClNO7/c1-12-23(31)21-15(10-28-12)11-35-26(21)19-8-17(13(2)29)24(32)22(25(19)33)18(9-20(30)34-3)14-5-4-6-16(27)7-14/h4-8,10,18,26,31-33H,9,11H2,1-3H3/t18-,26-/m0/s1. The molecular weight excluding hydrogens is 474 g/mol. The molecule has 2 atom stereocenters. The number of phenolic OH excluding ortho intramolecular Hbond substituents is 2. The van der Waals surface area contributed by atoms with Crippen LogP contribution >= 0.6 is 11.6 Å². The highest BCUT2D eigenvalue weighted by atomic mass is 35.5. The molecule has 0 unspecified atom stereocenters. The van der Waals surface area contributed by atoms with E-state index in [2.05, 4.69) is 4.98 Å². The Morgan fingerprint density at radius 2 is 1.94 bits per heavy atom. The number of phenols is 2. The summed E-state index contributed by atoms with van der Waals surface area (Å²) in [5.74, 6) is -2.85. The first-order valence-electron chi connectivity index (χ1n) is 10.8. The third kappa shape index (κ3) is 4.42. The summed E-state index contributed by atoms with van der Waals surface area (Å²) in [6, 6.07) is 7.98. The number of fused-ring (bicyclic) bond motifs is 1. The lowest BCUT2D eigenvalue weighted by Crippen LogP contribution is -2.13. The van der Waals surface area contributed by atoms with Crippen molar-refractivity contribution in [2.24, 2.45) is 0 Å². The number of carbonyl (C=O) groups is 2. The number of hydrogen-bond acceptors (Lipinski definition) is 8. The van der Waals surface area contributed by atoms with E-state index in [1.807, 2.05) is 0 Å². The van der Waals surface area contributed by atoms with Gasteiger partial charge in [0.15, 0.2) is 5.78 Å². The van der Waals surface area contributed by atoms with Gasteiger partial charge in [0, 0.05) is 39.4 Å². The van der Waals surface area contributed by atoms with Gasteiger partial charge in [-0.15, -0.1) is 0 Å². The number of benzene rings is 2. The van der Waals surface area contributed by atoms with Crippen LogP contribution in [0.15, 0.2) is 36.5 Å². The van der Waals surface area contributed by atoms with Crippen LogP contribution in [0, 0.1) is 6.92 Å². The maximum atomic E-state index is 12.5. The lowest BCUT2D eigenvalue weighted by molar-refractivity contribution is -0.140. The van der Waals surface area contributed by atoms with Gasteiger partial charge < -0.3 is 24.8 Å². The summed E-state index contributed by atoms with van der Waals surface area (Å²) in [4.78, 5) is 29.0. The topological polar surface area (TPSA) is 126 Å². The van der Waals surface area contributed by atoms with Crippen LogP contribution < -0.4 is 0 Å². The second kappa shape index (κ2) is 9.56. The largest absolute Gasteiger partial charge is 0.507 e. The second-order valence-corrected chi connectivity index (χ2v) is 8.83. The first kappa shape index (κ1) is 24.5. The lowest BCUT2D eigenvalue weighted by Gasteiger charge is -2.24. The second-order valence-electron chi connectivity index (χ2n) is 8.39. The van der Waals surface area contributed by atoms with E-state index in [1.165, 1.54) is 20.1 Å². The third-order valence-corrected chi connectivity index (χ3v) is 6.46. The maximum absolute atomic E-state index is 12.5. The zero-order chi connectivity index (χ0) is 25.4. The molecule has 1 aromatic heterocycles. The molecule has 9 heteroatoms. The Labute approximate surface area is 206 Å². The van der Waals surface area contributed by atoms with Crippen molar-refractivity contribution in [3.8, 4) is 17.2 Å². The lowest BCUT2D eigenvalue weighted by atomic mass is 9.83. The SMILES string of the molecule is COC(=O)C[C@@H](c1cccc(Cl)c1)c1c(O)c(C(C)=O)cc([C@@H]2OCc3cnc(C)c(O)c32)c1O. The number of methoxy groups -OCH3 is 1. The van der Waals surface area contributed by atoms with Gasteiger partial charge in [0.1, 0.15) is 23.4 Å². The van der Waals surface area contributed by atoms with E-state index in [1.54, 1.807) is 37.4 Å². The number of Topliss-reactive ketones (excluding diaryl/α,β-unsaturated/α-hetero) is 1. The Bertz CT molecular complexity index is 1340. The Hall–Kier alpha value is -3.62. The van der Waals surface area contributed by atoms with Gasteiger partial charge in [0.05, 0.1) is 31.4 Å². The van der Waals surface area contributed by atoms with Gasteiger partial charge in [0.2, 0.25) is 0 Å². The number of ketones is 1. The molecule has 0 saturated heterocycles. The van der Waals surface area contributed by atoms with E-state index in [0.717, 1.165) is 0 Å². The molecule has 0 fully saturated rings. The highest BCUT2D eigenvalue weighted by molar-refractivity contribution is 6.30. The van der Waals surface area contributed by atoms with Crippen molar-refractivity contribution in [3.63, 3.8) is 0 Å². The van der Waals surface area contributed by atoms with Crippen LogP contribution in [0.1, 0.15) is 69.2 Å². The molecule has 0 amide bonds. The molecule has 0 aliphatic carbocycles. The number of rotatable bonds is 6. The number of nitrogens with zero attached hydrogens (tertiary/aromatic N) is 1. The molecule has 0 spiro atoms. The average molecular weight is 498 g/mol. The van der Waals surface area contributed by atoms with E-state index >= 15 is 0 Å². The summed E-state index contributed by atoms with van der Waals surface area (Å²) in [6.45, 7) is 3.05. The molecule has 0 saturated carbocycles. The van der Waals surface area contributed by atoms with Crippen LogP contribution in [0.5, 0.6) is 17.2 Å². The van der Waals surface area contributed by atoms with Gasteiger partial charge in [-0.25, -0.2) is 0 Å². The van der Waals surface area contributed by atoms with Gasteiger partial charge >= 0.3 is 5.97 Å². The van der Waals surface area contributed by atoms with E-state index in [0.29, 0.717) is 27.4 Å². The molecule has 1 aliphatic rings. The smallest absolute Gasteiger partial charge is 0.306 e. The quantitative estimate of drug-likeness (QED) is 0.331. The molecule has 0 radical (unpaired) electrons. The first-order chi connectivity index (χ1) is 16.6. The molecule has 3 aromatic rings. The Kier molecular flexibility index (Phi) is 6.69. The Balaban J connectivity index is 1.99. The fourth-order valence-corrected chi connectivity index (χ4v) is 4.62. The molecule has 35 heavy (non-hydrogen) atoms. The molecule has 8 nitrogen and oxygen atoms in total. The zero-order valence-corrected chi connectivity index (χ0v) is 20.1. The fourth-order valence-electron chi connectivity index (χ4n) is 4.42. The van der Waals surface area contributed by atoms with E-state index < -0.39 is 29.5 Å². The van der Waals surface area contributed by atoms with Crippen molar-refractivity contribution >= 4 is 23.4 Å². The van der Waals surface area contributed by atoms with E-state index in [4.69, 9.17) is 21.1 Å². The third-order valence-electron chi connectivity index (χ3n) is 6.22. The number of ether oxygens (including phenoxy) is 2. The first-order valence-corrected chi connectivity index (χ1v) is 11.2. The zero-order valence-electron chi connectivity index (χ0n) is 19.3. The minimum absolute atomic E-state index is 0.0392. The van der Waals surface area contributed by atoms with Crippen LogP contribution in [-0.4, -0.2) is 39.2 Å². The fraction of sp³-hybridized carbons (Fsp3) is 0.269. The van der Waals surface area contributed by atoms with Gasteiger partial charge in [-0.2, -0.15) is 0 Å². The molecule has 0 bridgehead atoms. The normalized spacial score (nSPS) is 15.5. The summed E-state index contributed by atoms with van der Waals surface area (Å²) < 4.78 is 10.7. The maximum Gasteiger partial charge on any atom is 0.306 e. The monoisotopic (exact) mass is 497 g/mol. The number of pyridine rings is 1. The highest BCUT2D eigenvalue weighted by Gasteiger charge is 2.36. The molecule has 182 valence electrons. The van der Waals surface area contributed by atoms with Crippen molar-refractivity contribution < 1.29 is 34.4 Å². The predicted molar refractivity (Wildman–Crippen MR) is 127 cm³/mol.